The highest BCUT2D eigenvalue weighted by atomic mass is 16.6. The molecular formula is C41H28O4. The lowest BCUT2D eigenvalue weighted by Crippen LogP contribution is -2.52. The second-order valence-corrected chi connectivity index (χ2v) is 12.8. The maximum absolute atomic E-state index is 13.9. The molecule has 8 aromatic carbocycles. The zero-order chi connectivity index (χ0) is 29.8. The summed E-state index contributed by atoms with van der Waals surface area (Å²) in [6.07, 6.45) is 0.504. The SMILES string of the molecule is O=C1OCCCOC(=O)[C@H]2[C@@H]1[C@H](c1ccc3ccc4cccc5ccc1c3c45)[C@@H]2c1ccc2ccc3cccc4ccc1c2c34. The molecule has 4 nitrogen and oxygen atoms in total. The van der Waals surface area contributed by atoms with Crippen LogP contribution in [0.3, 0.4) is 0 Å². The van der Waals surface area contributed by atoms with Crippen LogP contribution in [0, 0.1) is 11.8 Å². The van der Waals surface area contributed by atoms with E-state index in [9.17, 15) is 9.59 Å². The summed E-state index contributed by atoms with van der Waals surface area (Å²) in [4.78, 5) is 27.7. The van der Waals surface area contributed by atoms with Crippen LogP contribution in [0.2, 0.25) is 0 Å². The maximum Gasteiger partial charge on any atom is 0.310 e. The van der Waals surface area contributed by atoms with Gasteiger partial charge in [0.2, 0.25) is 0 Å². The summed E-state index contributed by atoms with van der Waals surface area (Å²) < 4.78 is 11.6. The molecular weight excluding hydrogens is 556 g/mol. The molecule has 0 unspecified atom stereocenters. The molecule has 0 bridgehead atoms. The third-order valence-electron chi connectivity index (χ3n) is 10.7. The van der Waals surface area contributed by atoms with Crippen molar-refractivity contribution in [2.24, 2.45) is 11.8 Å². The molecule has 0 spiro atoms. The summed E-state index contributed by atoms with van der Waals surface area (Å²) in [5.41, 5.74) is 2.17. The largest absolute Gasteiger partial charge is 0.465 e. The average Bonchev–Trinajstić information content (AvgIpc) is 3.11. The molecule has 10 rings (SSSR count). The van der Waals surface area contributed by atoms with Crippen LogP contribution < -0.4 is 0 Å². The van der Waals surface area contributed by atoms with Gasteiger partial charge in [0.15, 0.2) is 0 Å². The van der Waals surface area contributed by atoms with E-state index < -0.39 is 11.8 Å². The number of benzene rings is 8. The Balaban J connectivity index is 1.26. The van der Waals surface area contributed by atoms with Crippen molar-refractivity contribution in [1.29, 1.82) is 0 Å². The van der Waals surface area contributed by atoms with Gasteiger partial charge in [-0.2, -0.15) is 0 Å². The average molecular weight is 585 g/mol. The zero-order valence-corrected chi connectivity index (χ0v) is 24.5. The van der Waals surface area contributed by atoms with Crippen molar-refractivity contribution >= 4 is 76.6 Å². The number of carbonyl (C=O) groups excluding carboxylic acids is 2. The van der Waals surface area contributed by atoms with E-state index in [0.717, 1.165) is 21.9 Å². The topological polar surface area (TPSA) is 52.6 Å². The lowest BCUT2D eigenvalue weighted by atomic mass is 9.51. The number of fused-ring (bicyclic) bond motifs is 1. The van der Waals surface area contributed by atoms with E-state index in [2.05, 4.69) is 109 Å². The normalized spacial score (nSPS) is 22.4. The number of ether oxygens (including phenoxy) is 2. The van der Waals surface area contributed by atoms with Crippen LogP contribution in [0.4, 0.5) is 0 Å². The van der Waals surface area contributed by atoms with Gasteiger partial charge >= 0.3 is 11.9 Å². The Hall–Kier alpha value is -5.22. The summed E-state index contributed by atoms with van der Waals surface area (Å²) in [5, 5.41) is 14.3. The predicted molar refractivity (Wildman–Crippen MR) is 179 cm³/mol. The Labute approximate surface area is 258 Å². The summed E-state index contributed by atoms with van der Waals surface area (Å²) in [7, 11) is 0. The van der Waals surface area contributed by atoms with E-state index in [1.165, 1.54) is 53.9 Å². The van der Waals surface area contributed by atoms with E-state index in [-0.39, 0.29) is 37.0 Å². The van der Waals surface area contributed by atoms with Crippen LogP contribution in [0.15, 0.2) is 109 Å². The Kier molecular flexibility index (Phi) is 5.11. The molecule has 1 heterocycles. The van der Waals surface area contributed by atoms with Gasteiger partial charge in [-0.15, -0.1) is 0 Å². The van der Waals surface area contributed by atoms with Gasteiger partial charge in [-0.1, -0.05) is 109 Å². The van der Waals surface area contributed by atoms with E-state index in [1.807, 2.05) is 0 Å². The third-order valence-corrected chi connectivity index (χ3v) is 10.7. The third kappa shape index (κ3) is 3.37. The van der Waals surface area contributed by atoms with Gasteiger partial charge in [0, 0.05) is 18.3 Å². The number of carbonyl (C=O) groups is 2. The molecule has 4 atom stereocenters. The summed E-state index contributed by atoms with van der Waals surface area (Å²) >= 11 is 0. The van der Waals surface area contributed by atoms with Gasteiger partial charge in [0.25, 0.3) is 0 Å². The first-order chi connectivity index (χ1) is 22.2. The van der Waals surface area contributed by atoms with Crippen molar-refractivity contribution in [3.63, 3.8) is 0 Å². The monoisotopic (exact) mass is 584 g/mol. The van der Waals surface area contributed by atoms with E-state index >= 15 is 0 Å². The van der Waals surface area contributed by atoms with Crippen molar-refractivity contribution in [3.05, 3.63) is 120 Å². The van der Waals surface area contributed by atoms with Crippen LogP contribution in [0.25, 0.3) is 64.6 Å². The molecule has 8 aromatic rings. The fraction of sp³-hybridized carbons (Fsp3) is 0.171. The molecule has 0 aromatic heterocycles. The molecule has 1 aliphatic heterocycles. The van der Waals surface area contributed by atoms with Gasteiger partial charge in [-0.25, -0.2) is 0 Å². The number of esters is 2. The molecule has 0 amide bonds. The molecule has 216 valence electrons. The summed E-state index contributed by atoms with van der Waals surface area (Å²) in [5.74, 6) is -2.37. The minimum absolute atomic E-state index is 0.254. The molecule has 45 heavy (non-hydrogen) atoms. The van der Waals surface area contributed by atoms with Crippen molar-refractivity contribution in [3.8, 4) is 0 Å². The summed E-state index contributed by atoms with van der Waals surface area (Å²) in [6, 6.07) is 39.0. The Morgan fingerprint density at radius 3 is 1.18 bits per heavy atom. The van der Waals surface area contributed by atoms with Gasteiger partial charge in [0.1, 0.15) is 0 Å². The van der Waals surface area contributed by atoms with Crippen molar-refractivity contribution in [2.45, 2.75) is 18.3 Å². The zero-order valence-electron chi connectivity index (χ0n) is 24.5. The molecule has 0 radical (unpaired) electrons. The Morgan fingerprint density at radius 2 is 0.756 bits per heavy atom. The van der Waals surface area contributed by atoms with Crippen molar-refractivity contribution in [1.82, 2.24) is 0 Å². The van der Waals surface area contributed by atoms with Gasteiger partial charge < -0.3 is 9.47 Å². The standard InChI is InChI=1S/C41H28O4/c42-40-38-36(30-18-14-26-10-8-22-4-1-6-24-12-16-28(30)34(26)32(22)24)37(39(38)41(43)45-21-3-20-44-40)31-19-15-27-11-9-23-5-2-7-25-13-17-29(31)35(27)33(23)25/h1-2,4-19,36-39H,3,20-21H2/t36-,37+,38+,39-. The first-order valence-corrected chi connectivity index (χ1v) is 15.8. The minimum Gasteiger partial charge on any atom is -0.465 e. The molecule has 1 aliphatic carbocycles. The van der Waals surface area contributed by atoms with Gasteiger partial charge in [-0.05, 0) is 75.8 Å². The first-order valence-electron chi connectivity index (χ1n) is 15.8. The van der Waals surface area contributed by atoms with Crippen LogP contribution in [-0.2, 0) is 19.1 Å². The molecule has 2 fully saturated rings. The number of cyclic esters (lactones) is 2. The van der Waals surface area contributed by atoms with Gasteiger partial charge in [0.05, 0.1) is 25.0 Å². The summed E-state index contributed by atoms with van der Waals surface area (Å²) in [6.45, 7) is 0.508. The van der Waals surface area contributed by atoms with Crippen molar-refractivity contribution in [2.75, 3.05) is 13.2 Å². The smallest absolute Gasteiger partial charge is 0.310 e. The number of rotatable bonds is 2. The number of hydrogen-bond acceptors (Lipinski definition) is 4. The molecule has 2 aliphatic rings. The van der Waals surface area contributed by atoms with E-state index in [4.69, 9.17) is 9.47 Å². The quantitative estimate of drug-likeness (QED) is 0.150. The van der Waals surface area contributed by atoms with E-state index in [0.29, 0.717) is 6.42 Å². The molecule has 0 N–H and O–H groups in total. The van der Waals surface area contributed by atoms with Gasteiger partial charge in [-0.3, -0.25) is 9.59 Å². The first kappa shape index (κ1) is 25.1. The van der Waals surface area contributed by atoms with Crippen LogP contribution in [0.5, 0.6) is 0 Å². The molecule has 1 saturated heterocycles. The Bertz CT molecular complexity index is 2290. The fourth-order valence-corrected chi connectivity index (χ4v) is 8.80. The Morgan fingerprint density at radius 1 is 0.400 bits per heavy atom. The van der Waals surface area contributed by atoms with Crippen LogP contribution in [0.1, 0.15) is 29.4 Å². The minimum atomic E-state index is -0.627. The van der Waals surface area contributed by atoms with Crippen LogP contribution in [-0.4, -0.2) is 25.2 Å². The number of hydrogen-bond donors (Lipinski definition) is 0. The maximum atomic E-state index is 13.9. The van der Waals surface area contributed by atoms with Crippen molar-refractivity contribution < 1.29 is 19.1 Å². The molecule has 4 heteroatoms. The lowest BCUT2D eigenvalue weighted by Gasteiger charge is -2.50. The highest BCUT2D eigenvalue weighted by Gasteiger charge is 2.60. The lowest BCUT2D eigenvalue weighted by molar-refractivity contribution is -0.168. The fourth-order valence-electron chi connectivity index (χ4n) is 8.80. The molecule has 1 saturated carbocycles. The predicted octanol–water partition coefficient (Wildman–Crippen LogP) is 9.08. The highest BCUT2D eigenvalue weighted by molar-refractivity contribution is 6.25. The second kappa shape index (κ2) is 9.15. The van der Waals surface area contributed by atoms with E-state index in [1.54, 1.807) is 0 Å². The second-order valence-electron chi connectivity index (χ2n) is 12.8. The van der Waals surface area contributed by atoms with Crippen LogP contribution >= 0.6 is 0 Å². The highest BCUT2D eigenvalue weighted by Crippen LogP contribution is 2.61.